The summed E-state index contributed by atoms with van der Waals surface area (Å²) < 4.78 is 52.2. The molecule has 3 N–H and O–H groups in total. The summed E-state index contributed by atoms with van der Waals surface area (Å²) in [5, 5.41) is 2.73. The number of halogens is 4. The van der Waals surface area contributed by atoms with E-state index < -0.39 is 17.6 Å². The maximum atomic E-state index is 13.9. The van der Waals surface area contributed by atoms with Crippen molar-refractivity contribution in [2.75, 3.05) is 11.1 Å². The summed E-state index contributed by atoms with van der Waals surface area (Å²) >= 11 is 0. The summed E-state index contributed by atoms with van der Waals surface area (Å²) in [6.45, 7) is 0. The van der Waals surface area contributed by atoms with E-state index in [0.29, 0.717) is 0 Å². The van der Waals surface area contributed by atoms with Crippen molar-refractivity contribution in [2.24, 2.45) is 0 Å². The number of hydrogen-bond acceptors (Lipinski definition) is 4. The topological polar surface area (TPSA) is 63.8 Å². The van der Waals surface area contributed by atoms with Gasteiger partial charge in [0.1, 0.15) is 17.5 Å². The van der Waals surface area contributed by atoms with Gasteiger partial charge in [-0.3, -0.25) is 0 Å². The van der Waals surface area contributed by atoms with Gasteiger partial charge in [-0.2, -0.15) is 13.2 Å². The Balaban J connectivity index is 1.96. The minimum Gasteiger partial charge on any atom is -0.384 e. The van der Waals surface area contributed by atoms with Crippen molar-refractivity contribution in [3.05, 3.63) is 66.0 Å². The zero-order chi connectivity index (χ0) is 18.0. The Morgan fingerprint density at radius 1 is 0.920 bits per heavy atom. The lowest BCUT2D eigenvalue weighted by atomic mass is 10.2. The minimum atomic E-state index is -4.46. The highest BCUT2D eigenvalue weighted by atomic mass is 19.4. The molecule has 0 spiro atoms. The number of benzene rings is 2. The molecule has 0 unspecified atom stereocenters. The van der Waals surface area contributed by atoms with Gasteiger partial charge in [0, 0.05) is 11.8 Å². The molecule has 0 radical (unpaired) electrons. The fraction of sp³-hybridized carbons (Fsp3) is 0.0588. The Morgan fingerprint density at radius 2 is 1.68 bits per heavy atom. The van der Waals surface area contributed by atoms with E-state index in [9.17, 15) is 17.6 Å². The van der Waals surface area contributed by atoms with Crippen molar-refractivity contribution >= 4 is 17.3 Å². The largest absolute Gasteiger partial charge is 0.416 e. The van der Waals surface area contributed by atoms with Crippen molar-refractivity contribution in [2.45, 2.75) is 6.18 Å². The van der Waals surface area contributed by atoms with E-state index in [-0.39, 0.29) is 28.7 Å². The van der Waals surface area contributed by atoms with E-state index in [1.54, 1.807) is 6.07 Å². The molecular formula is C17H12F4N4. The monoisotopic (exact) mass is 348 g/mol. The molecule has 4 nitrogen and oxygen atoms in total. The maximum Gasteiger partial charge on any atom is 0.416 e. The molecule has 0 aliphatic rings. The van der Waals surface area contributed by atoms with Crippen LogP contribution in [0.4, 0.5) is 34.9 Å². The molecule has 0 atom stereocenters. The van der Waals surface area contributed by atoms with Gasteiger partial charge in [0.05, 0.1) is 11.1 Å². The summed E-state index contributed by atoms with van der Waals surface area (Å²) in [5.74, 6) is -0.279. The SMILES string of the molecule is Nc1cc(Nc2cccc(C(F)(F)F)c2)nc(-c2ccccc2F)n1. The van der Waals surface area contributed by atoms with Gasteiger partial charge >= 0.3 is 6.18 Å². The number of aromatic nitrogens is 2. The summed E-state index contributed by atoms with van der Waals surface area (Å²) in [6, 6.07) is 11.9. The zero-order valence-corrected chi connectivity index (χ0v) is 12.7. The molecule has 0 aliphatic heterocycles. The fourth-order valence-corrected chi connectivity index (χ4v) is 2.21. The predicted octanol–water partition coefficient (Wildman–Crippen LogP) is 4.63. The van der Waals surface area contributed by atoms with Gasteiger partial charge < -0.3 is 11.1 Å². The number of anilines is 3. The van der Waals surface area contributed by atoms with E-state index in [1.807, 2.05) is 0 Å². The summed E-state index contributed by atoms with van der Waals surface area (Å²) in [4.78, 5) is 8.10. The second-order valence-electron chi connectivity index (χ2n) is 5.19. The predicted molar refractivity (Wildman–Crippen MR) is 86.6 cm³/mol. The van der Waals surface area contributed by atoms with Gasteiger partial charge in [0.2, 0.25) is 0 Å². The number of hydrogen-bond donors (Lipinski definition) is 2. The van der Waals surface area contributed by atoms with Crippen LogP contribution in [0, 0.1) is 5.82 Å². The number of nitrogen functional groups attached to an aromatic ring is 1. The van der Waals surface area contributed by atoms with Gasteiger partial charge in [0.25, 0.3) is 0 Å². The molecule has 128 valence electrons. The van der Waals surface area contributed by atoms with Crippen LogP contribution < -0.4 is 11.1 Å². The maximum absolute atomic E-state index is 13.9. The lowest BCUT2D eigenvalue weighted by Crippen LogP contribution is -2.06. The van der Waals surface area contributed by atoms with E-state index in [1.165, 1.54) is 36.4 Å². The molecule has 3 aromatic rings. The van der Waals surface area contributed by atoms with E-state index in [0.717, 1.165) is 12.1 Å². The van der Waals surface area contributed by atoms with Crippen LogP contribution in [0.2, 0.25) is 0 Å². The molecule has 8 heteroatoms. The average molecular weight is 348 g/mol. The van der Waals surface area contributed by atoms with Gasteiger partial charge in [-0.15, -0.1) is 0 Å². The molecule has 2 aromatic carbocycles. The molecule has 0 amide bonds. The number of rotatable bonds is 3. The second kappa shape index (κ2) is 6.39. The van der Waals surface area contributed by atoms with Crippen LogP contribution in [0.5, 0.6) is 0 Å². The highest BCUT2D eigenvalue weighted by Gasteiger charge is 2.30. The number of alkyl halides is 3. The highest BCUT2D eigenvalue weighted by Crippen LogP contribution is 2.31. The summed E-state index contributed by atoms with van der Waals surface area (Å²) in [6.07, 6.45) is -4.46. The standard InChI is InChI=1S/C17H12F4N4/c18-13-7-2-1-6-12(13)16-24-14(22)9-15(25-16)23-11-5-3-4-10(8-11)17(19,20)21/h1-9H,(H3,22,23,24,25). The first kappa shape index (κ1) is 16.7. The van der Waals surface area contributed by atoms with Crippen LogP contribution in [-0.2, 0) is 6.18 Å². The first-order valence-corrected chi connectivity index (χ1v) is 7.17. The average Bonchev–Trinajstić information content (AvgIpc) is 2.54. The number of nitrogens with zero attached hydrogens (tertiary/aromatic N) is 2. The molecule has 3 rings (SSSR count). The molecule has 0 aliphatic carbocycles. The molecule has 0 saturated carbocycles. The van der Waals surface area contributed by atoms with Crippen molar-refractivity contribution in [1.82, 2.24) is 9.97 Å². The fourth-order valence-electron chi connectivity index (χ4n) is 2.21. The molecular weight excluding hydrogens is 336 g/mol. The lowest BCUT2D eigenvalue weighted by molar-refractivity contribution is -0.137. The van der Waals surface area contributed by atoms with Crippen LogP contribution in [0.3, 0.4) is 0 Å². The quantitative estimate of drug-likeness (QED) is 0.678. The Bertz CT molecular complexity index is 909. The molecule has 25 heavy (non-hydrogen) atoms. The first-order chi connectivity index (χ1) is 11.8. The van der Waals surface area contributed by atoms with E-state index in [2.05, 4.69) is 15.3 Å². The van der Waals surface area contributed by atoms with Gasteiger partial charge in [-0.1, -0.05) is 18.2 Å². The Morgan fingerprint density at radius 3 is 2.40 bits per heavy atom. The van der Waals surface area contributed by atoms with Crippen LogP contribution in [0.25, 0.3) is 11.4 Å². The van der Waals surface area contributed by atoms with E-state index >= 15 is 0 Å². The third-order valence-electron chi connectivity index (χ3n) is 3.32. The normalized spacial score (nSPS) is 11.4. The van der Waals surface area contributed by atoms with Crippen LogP contribution >= 0.6 is 0 Å². The lowest BCUT2D eigenvalue weighted by Gasteiger charge is -2.11. The highest BCUT2D eigenvalue weighted by molar-refractivity contribution is 5.65. The smallest absolute Gasteiger partial charge is 0.384 e. The van der Waals surface area contributed by atoms with Crippen molar-refractivity contribution < 1.29 is 17.6 Å². The first-order valence-electron chi connectivity index (χ1n) is 7.17. The Labute approximate surface area is 140 Å². The second-order valence-corrected chi connectivity index (χ2v) is 5.19. The third kappa shape index (κ3) is 3.85. The van der Waals surface area contributed by atoms with Crippen molar-refractivity contribution in [3.8, 4) is 11.4 Å². The third-order valence-corrected chi connectivity index (χ3v) is 3.32. The van der Waals surface area contributed by atoms with Crippen LogP contribution in [0.15, 0.2) is 54.6 Å². The summed E-state index contributed by atoms with van der Waals surface area (Å²) in [7, 11) is 0. The van der Waals surface area contributed by atoms with Crippen LogP contribution in [-0.4, -0.2) is 9.97 Å². The number of nitrogens with one attached hydrogen (secondary N) is 1. The Hall–Kier alpha value is -3.16. The summed E-state index contributed by atoms with van der Waals surface area (Å²) in [5.41, 5.74) is 5.22. The van der Waals surface area contributed by atoms with Gasteiger partial charge in [0.15, 0.2) is 5.82 Å². The molecule has 0 saturated heterocycles. The Kier molecular flexibility index (Phi) is 4.26. The molecule has 0 bridgehead atoms. The van der Waals surface area contributed by atoms with Crippen LogP contribution in [0.1, 0.15) is 5.56 Å². The molecule has 0 fully saturated rings. The van der Waals surface area contributed by atoms with Gasteiger partial charge in [-0.05, 0) is 30.3 Å². The molecule has 1 heterocycles. The van der Waals surface area contributed by atoms with E-state index in [4.69, 9.17) is 5.73 Å². The minimum absolute atomic E-state index is 0.0348. The van der Waals surface area contributed by atoms with Gasteiger partial charge in [-0.25, -0.2) is 14.4 Å². The molecule has 1 aromatic heterocycles. The van der Waals surface area contributed by atoms with Crippen molar-refractivity contribution in [3.63, 3.8) is 0 Å². The van der Waals surface area contributed by atoms with Crippen molar-refractivity contribution in [1.29, 1.82) is 0 Å². The number of nitrogens with two attached hydrogens (primary N) is 1. The zero-order valence-electron chi connectivity index (χ0n) is 12.7.